The molecule has 0 spiro atoms. The second-order valence-corrected chi connectivity index (χ2v) is 4.67. The maximum Gasteiger partial charge on any atom is 0.161 e. The minimum atomic E-state index is -0.0274. The molecule has 20 heavy (non-hydrogen) atoms. The summed E-state index contributed by atoms with van der Waals surface area (Å²) in [5.74, 6) is 1.43. The Hall–Kier alpha value is -2.25. The number of anilines is 1. The Morgan fingerprint density at radius 3 is 2.75 bits per heavy atom. The van der Waals surface area contributed by atoms with E-state index in [1.54, 1.807) is 12.1 Å². The number of pyridine rings is 1. The molecule has 0 aliphatic heterocycles. The van der Waals surface area contributed by atoms with E-state index >= 15 is 0 Å². The van der Waals surface area contributed by atoms with E-state index in [1.807, 2.05) is 43.3 Å². The van der Waals surface area contributed by atoms with Gasteiger partial charge in [0.2, 0.25) is 0 Å². The molecule has 1 atom stereocenters. The van der Waals surface area contributed by atoms with E-state index < -0.39 is 0 Å². The summed E-state index contributed by atoms with van der Waals surface area (Å²) in [7, 11) is 0. The lowest BCUT2D eigenvalue weighted by Gasteiger charge is -2.15. The minimum Gasteiger partial charge on any atom is -0.489 e. The third kappa shape index (κ3) is 3.87. The number of aromatic nitrogens is 1. The van der Waals surface area contributed by atoms with Gasteiger partial charge >= 0.3 is 0 Å². The molecule has 0 amide bonds. The summed E-state index contributed by atoms with van der Waals surface area (Å²) in [6.07, 6.45) is -0.0274. The van der Waals surface area contributed by atoms with Crippen LogP contribution in [0.25, 0.3) is 0 Å². The van der Waals surface area contributed by atoms with Gasteiger partial charge in [-0.25, -0.2) is 4.98 Å². The van der Waals surface area contributed by atoms with Gasteiger partial charge in [0.1, 0.15) is 23.7 Å². The molecule has 0 fully saturated rings. The van der Waals surface area contributed by atoms with E-state index in [2.05, 4.69) is 10.3 Å². The number of hydrogen-bond acceptors (Lipinski definition) is 4. The number of nitriles is 1. The van der Waals surface area contributed by atoms with Gasteiger partial charge in [-0.3, -0.25) is 0 Å². The Balaban J connectivity index is 1.90. The van der Waals surface area contributed by atoms with Crippen LogP contribution in [0.5, 0.6) is 5.75 Å². The summed E-state index contributed by atoms with van der Waals surface area (Å²) in [5.41, 5.74) is 0.216. The Morgan fingerprint density at radius 1 is 1.30 bits per heavy atom. The number of rotatable bonds is 5. The fourth-order valence-electron chi connectivity index (χ4n) is 1.64. The third-order valence-electron chi connectivity index (χ3n) is 2.60. The van der Waals surface area contributed by atoms with Crippen molar-refractivity contribution in [2.45, 2.75) is 13.0 Å². The van der Waals surface area contributed by atoms with Crippen molar-refractivity contribution >= 4 is 17.4 Å². The summed E-state index contributed by atoms with van der Waals surface area (Å²) >= 11 is 5.83. The molecule has 102 valence electrons. The first kappa shape index (κ1) is 14.2. The van der Waals surface area contributed by atoms with Gasteiger partial charge in [-0.05, 0) is 31.2 Å². The van der Waals surface area contributed by atoms with Gasteiger partial charge in [-0.2, -0.15) is 5.26 Å². The fraction of sp³-hybridized carbons (Fsp3) is 0.200. The normalized spacial score (nSPS) is 11.4. The van der Waals surface area contributed by atoms with Crippen molar-refractivity contribution < 1.29 is 4.74 Å². The van der Waals surface area contributed by atoms with Crippen molar-refractivity contribution in [3.05, 3.63) is 53.2 Å². The molecule has 1 aromatic heterocycles. The number of benzene rings is 1. The molecule has 0 aliphatic carbocycles. The highest BCUT2D eigenvalue weighted by molar-refractivity contribution is 6.31. The summed E-state index contributed by atoms with van der Waals surface area (Å²) in [5, 5.41) is 12.3. The molecule has 0 saturated heterocycles. The molecule has 2 rings (SSSR count). The van der Waals surface area contributed by atoms with Crippen LogP contribution in [-0.4, -0.2) is 17.6 Å². The van der Waals surface area contributed by atoms with E-state index in [0.29, 0.717) is 17.4 Å². The zero-order chi connectivity index (χ0) is 14.4. The van der Waals surface area contributed by atoms with Crippen molar-refractivity contribution in [2.75, 3.05) is 11.9 Å². The SMILES string of the molecule is CC(CNc1ccc(Cl)c(C#N)n1)Oc1ccccc1. The minimum absolute atomic E-state index is 0.0274. The van der Waals surface area contributed by atoms with Crippen LogP contribution in [0.4, 0.5) is 5.82 Å². The van der Waals surface area contributed by atoms with E-state index in [0.717, 1.165) is 5.75 Å². The van der Waals surface area contributed by atoms with Crippen LogP contribution >= 0.6 is 11.6 Å². The Labute approximate surface area is 123 Å². The highest BCUT2D eigenvalue weighted by atomic mass is 35.5. The molecule has 1 N–H and O–H groups in total. The van der Waals surface area contributed by atoms with Gasteiger partial charge < -0.3 is 10.1 Å². The van der Waals surface area contributed by atoms with Crippen LogP contribution in [0.3, 0.4) is 0 Å². The van der Waals surface area contributed by atoms with Crippen LogP contribution in [0.1, 0.15) is 12.6 Å². The summed E-state index contributed by atoms with van der Waals surface area (Å²) in [6.45, 7) is 2.54. The molecular weight excluding hydrogens is 274 g/mol. The molecule has 1 unspecified atom stereocenters. The zero-order valence-corrected chi connectivity index (χ0v) is 11.8. The number of halogens is 1. The molecule has 1 aromatic carbocycles. The Kier molecular flexibility index (Phi) is 4.80. The number of ether oxygens (including phenoxy) is 1. The van der Waals surface area contributed by atoms with Gasteiger partial charge in [0, 0.05) is 0 Å². The van der Waals surface area contributed by atoms with E-state index in [1.165, 1.54) is 0 Å². The van der Waals surface area contributed by atoms with Crippen molar-refractivity contribution in [1.82, 2.24) is 4.98 Å². The van der Waals surface area contributed by atoms with Gasteiger partial charge in [-0.1, -0.05) is 29.8 Å². The van der Waals surface area contributed by atoms with Gasteiger partial charge in [-0.15, -0.1) is 0 Å². The van der Waals surface area contributed by atoms with E-state index in [9.17, 15) is 0 Å². The standard InChI is InChI=1S/C15H14ClN3O/c1-11(20-12-5-3-2-4-6-12)10-18-15-8-7-13(16)14(9-17)19-15/h2-8,11H,10H2,1H3,(H,18,19). The van der Waals surface area contributed by atoms with Crippen LogP contribution in [0.2, 0.25) is 5.02 Å². The number of hydrogen-bond donors (Lipinski definition) is 1. The van der Waals surface area contributed by atoms with Gasteiger partial charge in [0.05, 0.1) is 11.6 Å². The highest BCUT2D eigenvalue weighted by Gasteiger charge is 2.06. The highest BCUT2D eigenvalue weighted by Crippen LogP contribution is 2.16. The second kappa shape index (κ2) is 6.78. The van der Waals surface area contributed by atoms with Crippen LogP contribution in [0.15, 0.2) is 42.5 Å². The van der Waals surface area contributed by atoms with Crippen molar-refractivity contribution in [3.8, 4) is 11.8 Å². The molecule has 4 nitrogen and oxygen atoms in total. The number of nitrogens with one attached hydrogen (secondary N) is 1. The van der Waals surface area contributed by atoms with Gasteiger partial charge in [0.15, 0.2) is 5.69 Å². The lowest BCUT2D eigenvalue weighted by atomic mass is 10.3. The molecule has 0 bridgehead atoms. The first-order valence-electron chi connectivity index (χ1n) is 6.21. The molecule has 5 heteroatoms. The quantitative estimate of drug-likeness (QED) is 0.914. The maximum absolute atomic E-state index is 8.87. The Bertz CT molecular complexity index is 610. The molecule has 0 radical (unpaired) electrons. The van der Waals surface area contributed by atoms with E-state index in [4.69, 9.17) is 21.6 Å². The summed E-state index contributed by atoms with van der Waals surface area (Å²) in [4.78, 5) is 4.11. The second-order valence-electron chi connectivity index (χ2n) is 4.26. The van der Waals surface area contributed by atoms with Crippen molar-refractivity contribution in [3.63, 3.8) is 0 Å². The Morgan fingerprint density at radius 2 is 2.05 bits per heavy atom. The van der Waals surface area contributed by atoms with Crippen molar-refractivity contribution in [2.24, 2.45) is 0 Å². The van der Waals surface area contributed by atoms with Gasteiger partial charge in [0.25, 0.3) is 0 Å². The average molecular weight is 288 g/mol. The first-order valence-corrected chi connectivity index (χ1v) is 6.59. The summed E-state index contributed by atoms with van der Waals surface area (Å²) < 4.78 is 5.74. The lowest BCUT2D eigenvalue weighted by molar-refractivity contribution is 0.234. The zero-order valence-electron chi connectivity index (χ0n) is 11.0. The third-order valence-corrected chi connectivity index (χ3v) is 2.91. The predicted octanol–water partition coefficient (Wildman–Crippen LogP) is 3.49. The van der Waals surface area contributed by atoms with Crippen molar-refractivity contribution in [1.29, 1.82) is 5.26 Å². The maximum atomic E-state index is 8.87. The fourth-order valence-corrected chi connectivity index (χ4v) is 1.79. The molecule has 2 aromatic rings. The van der Waals surface area contributed by atoms with Crippen LogP contribution < -0.4 is 10.1 Å². The molecule has 0 aliphatic rings. The first-order chi connectivity index (χ1) is 9.69. The largest absolute Gasteiger partial charge is 0.489 e. The predicted molar refractivity (Wildman–Crippen MR) is 79.0 cm³/mol. The summed E-state index contributed by atoms with van der Waals surface area (Å²) in [6, 6.07) is 14.9. The topological polar surface area (TPSA) is 57.9 Å². The molecule has 0 saturated carbocycles. The monoisotopic (exact) mass is 287 g/mol. The lowest BCUT2D eigenvalue weighted by Crippen LogP contribution is -2.23. The average Bonchev–Trinajstić information content (AvgIpc) is 2.47. The van der Waals surface area contributed by atoms with Crippen LogP contribution in [0, 0.1) is 11.3 Å². The smallest absolute Gasteiger partial charge is 0.161 e. The van der Waals surface area contributed by atoms with E-state index in [-0.39, 0.29) is 11.8 Å². The molecule has 1 heterocycles. The molecular formula is C15H14ClN3O. The number of nitrogens with zero attached hydrogens (tertiary/aromatic N) is 2. The van der Waals surface area contributed by atoms with Crippen LogP contribution in [-0.2, 0) is 0 Å². The number of para-hydroxylation sites is 1.